The average molecular weight is 548 g/mol. The lowest BCUT2D eigenvalue weighted by molar-refractivity contribution is -0.275. The van der Waals surface area contributed by atoms with Gasteiger partial charge in [0, 0.05) is 33.0 Å². The molecule has 12 heteroatoms. The molecule has 3 heterocycles. The molecule has 4 atom stereocenters. The molecule has 0 bridgehead atoms. The van der Waals surface area contributed by atoms with Crippen molar-refractivity contribution in [3.8, 4) is 0 Å². The van der Waals surface area contributed by atoms with Gasteiger partial charge in [-0.05, 0) is 49.5 Å². The molecule has 2 fully saturated rings. The number of carbonyl (C=O) groups is 2. The van der Waals surface area contributed by atoms with Crippen molar-refractivity contribution >= 4 is 52.5 Å². The fourth-order valence-corrected chi connectivity index (χ4v) is 7.30. The summed E-state index contributed by atoms with van der Waals surface area (Å²) in [6, 6.07) is 3.14. The molecule has 2 N–H and O–H groups in total. The second-order valence-corrected chi connectivity index (χ2v) is 11.2. The van der Waals surface area contributed by atoms with Crippen molar-refractivity contribution in [2.24, 2.45) is 11.1 Å². The van der Waals surface area contributed by atoms with Gasteiger partial charge in [-0.15, -0.1) is 11.8 Å². The Hall–Kier alpha value is -1.91. The molecule has 1 saturated carbocycles. The zero-order valence-electron chi connectivity index (χ0n) is 18.4. The number of nitrogens with one attached hydrogen (secondary N) is 2. The van der Waals surface area contributed by atoms with Crippen LogP contribution in [0.1, 0.15) is 44.1 Å². The third-order valence-electron chi connectivity index (χ3n) is 6.96. The maximum absolute atomic E-state index is 14.4. The summed E-state index contributed by atoms with van der Waals surface area (Å²) < 4.78 is 43.3. The lowest BCUT2D eigenvalue weighted by Gasteiger charge is -2.29. The van der Waals surface area contributed by atoms with Crippen molar-refractivity contribution in [1.29, 1.82) is 0 Å². The molecule has 2 unspecified atom stereocenters. The van der Waals surface area contributed by atoms with Crippen molar-refractivity contribution in [3.05, 3.63) is 44.3 Å². The van der Waals surface area contributed by atoms with Gasteiger partial charge < -0.3 is 15.5 Å². The molecule has 1 aromatic rings. The van der Waals surface area contributed by atoms with E-state index in [9.17, 15) is 22.8 Å². The Bertz CT molecular complexity index is 1120. The van der Waals surface area contributed by atoms with Gasteiger partial charge in [0.25, 0.3) is 5.60 Å². The third-order valence-corrected chi connectivity index (χ3v) is 8.93. The zero-order chi connectivity index (χ0) is 25.0. The first-order valence-corrected chi connectivity index (χ1v) is 13.0. The molecular formula is C23H22Cl2F3N3O3S. The van der Waals surface area contributed by atoms with Gasteiger partial charge >= 0.3 is 6.18 Å². The molecule has 3 aliphatic heterocycles. The highest BCUT2D eigenvalue weighted by Crippen LogP contribution is 2.55. The molecule has 5 rings (SSSR count). The normalized spacial score (nSPS) is 30.6. The minimum absolute atomic E-state index is 0.0606. The van der Waals surface area contributed by atoms with Gasteiger partial charge in [-0.25, -0.2) is 0 Å². The average Bonchev–Trinajstić information content (AvgIpc) is 3.50. The maximum atomic E-state index is 14.4. The van der Waals surface area contributed by atoms with Gasteiger partial charge in [0.15, 0.2) is 0 Å². The fraction of sp³-hybridized carbons (Fsp3) is 0.522. The fourth-order valence-electron chi connectivity index (χ4n) is 5.23. The Labute approximate surface area is 214 Å². The van der Waals surface area contributed by atoms with Crippen LogP contribution in [0.15, 0.2) is 33.8 Å². The van der Waals surface area contributed by atoms with Gasteiger partial charge in [-0.3, -0.25) is 9.59 Å². The maximum Gasteiger partial charge on any atom is 0.435 e. The van der Waals surface area contributed by atoms with Gasteiger partial charge in [0.1, 0.15) is 6.04 Å². The van der Waals surface area contributed by atoms with Crippen LogP contribution in [0, 0.1) is 5.92 Å². The van der Waals surface area contributed by atoms with Crippen LogP contribution in [0.25, 0.3) is 0 Å². The highest BCUT2D eigenvalue weighted by Gasteiger charge is 2.63. The summed E-state index contributed by atoms with van der Waals surface area (Å²) in [5, 5.41) is 9.01. The van der Waals surface area contributed by atoms with E-state index in [-0.39, 0.29) is 39.1 Å². The summed E-state index contributed by atoms with van der Waals surface area (Å²) in [5.74, 6) is -0.612. The molecule has 188 valence electrons. The molecule has 1 aromatic carbocycles. The number of thioether (sulfide) groups is 1. The van der Waals surface area contributed by atoms with E-state index in [0.717, 1.165) is 24.8 Å². The van der Waals surface area contributed by atoms with Crippen LogP contribution < -0.4 is 10.6 Å². The second kappa shape index (κ2) is 9.19. The summed E-state index contributed by atoms with van der Waals surface area (Å²) >= 11 is 13.2. The summed E-state index contributed by atoms with van der Waals surface area (Å²) in [4.78, 5) is 30.8. The monoisotopic (exact) mass is 547 g/mol. The van der Waals surface area contributed by atoms with E-state index in [1.165, 1.54) is 30.0 Å². The van der Waals surface area contributed by atoms with Crippen LogP contribution in [0.3, 0.4) is 0 Å². The van der Waals surface area contributed by atoms with E-state index in [0.29, 0.717) is 24.3 Å². The molecule has 2 amide bonds. The van der Waals surface area contributed by atoms with Crippen LogP contribution >= 0.6 is 35.0 Å². The minimum atomic E-state index is -4.79. The van der Waals surface area contributed by atoms with E-state index < -0.39 is 29.5 Å². The van der Waals surface area contributed by atoms with Crippen LogP contribution in [0.2, 0.25) is 10.0 Å². The molecule has 0 spiro atoms. The molecule has 0 aromatic heterocycles. The number of oxime groups is 1. The standard InChI is InChI=1S/C23H22Cl2F3N3O3S/c24-12-7-11(8-13(25)9-12)22(23(26,27)28)10-17(31-34-22)18-14-3-1-2-4-15(14)19(35-18)21(33)30-16-5-6-29-20(16)32/h7-9,15-16,19H,1-6,10H2,(H,29,32)(H,30,33)/t15?,16-,19?,22+/m1/s1. The van der Waals surface area contributed by atoms with Crippen molar-refractivity contribution in [2.75, 3.05) is 6.54 Å². The van der Waals surface area contributed by atoms with Crippen LogP contribution in [-0.2, 0) is 20.0 Å². The number of benzene rings is 1. The summed E-state index contributed by atoms with van der Waals surface area (Å²) in [6.07, 6.45) is -1.59. The Morgan fingerprint density at radius 3 is 2.60 bits per heavy atom. The van der Waals surface area contributed by atoms with Crippen LogP contribution in [-0.4, -0.2) is 41.5 Å². The highest BCUT2D eigenvalue weighted by molar-refractivity contribution is 8.05. The first-order chi connectivity index (χ1) is 16.6. The van der Waals surface area contributed by atoms with Crippen molar-refractivity contribution in [1.82, 2.24) is 10.6 Å². The smallest absolute Gasteiger partial charge is 0.374 e. The Kier molecular flexibility index (Phi) is 6.51. The zero-order valence-corrected chi connectivity index (χ0v) is 20.7. The van der Waals surface area contributed by atoms with E-state index in [4.69, 9.17) is 28.0 Å². The number of amides is 2. The topological polar surface area (TPSA) is 79.8 Å². The Balaban J connectivity index is 1.43. The Morgan fingerprint density at radius 1 is 1.20 bits per heavy atom. The molecule has 6 nitrogen and oxygen atoms in total. The van der Waals surface area contributed by atoms with Crippen LogP contribution in [0.4, 0.5) is 13.2 Å². The van der Waals surface area contributed by atoms with E-state index in [1.54, 1.807) is 0 Å². The summed E-state index contributed by atoms with van der Waals surface area (Å²) in [7, 11) is 0. The number of alkyl halides is 3. The number of fused-ring (bicyclic) bond motifs is 1. The molecule has 1 saturated heterocycles. The Morgan fingerprint density at radius 2 is 1.94 bits per heavy atom. The number of allylic oxidation sites excluding steroid dienone is 2. The van der Waals surface area contributed by atoms with Gasteiger partial charge in [0.2, 0.25) is 11.8 Å². The molecular weight excluding hydrogens is 526 g/mol. The number of halogens is 5. The number of hydrogen-bond acceptors (Lipinski definition) is 5. The van der Waals surface area contributed by atoms with E-state index in [1.807, 2.05) is 0 Å². The predicted octanol–water partition coefficient (Wildman–Crippen LogP) is 5.09. The van der Waals surface area contributed by atoms with Gasteiger partial charge in [0.05, 0.1) is 17.4 Å². The largest absolute Gasteiger partial charge is 0.435 e. The molecule has 4 aliphatic rings. The van der Waals surface area contributed by atoms with E-state index in [2.05, 4.69) is 15.8 Å². The van der Waals surface area contributed by atoms with Crippen molar-refractivity contribution < 1.29 is 27.6 Å². The number of nitrogens with zero attached hydrogens (tertiary/aromatic N) is 1. The quantitative estimate of drug-likeness (QED) is 0.550. The summed E-state index contributed by atoms with van der Waals surface area (Å²) in [6.45, 7) is 0.501. The molecule has 1 aliphatic carbocycles. The van der Waals surface area contributed by atoms with Gasteiger partial charge in [-0.2, -0.15) is 13.2 Å². The lowest BCUT2D eigenvalue weighted by atomic mass is 9.80. The SMILES string of the molecule is O=C(N[C@@H]1CCNC1=O)C1SC(C2=NO[C@@](c3cc(Cl)cc(Cl)c3)(C(F)(F)F)C2)=C2CCCCC21. The number of carbonyl (C=O) groups excluding carboxylic acids is 2. The second-order valence-electron chi connectivity index (χ2n) is 9.17. The number of rotatable bonds is 4. The minimum Gasteiger partial charge on any atom is -0.374 e. The van der Waals surface area contributed by atoms with Gasteiger partial charge in [-0.1, -0.05) is 34.8 Å². The van der Waals surface area contributed by atoms with Crippen molar-refractivity contribution in [3.63, 3.8) is 0 Å². The molecule has 35 heavy (non-hydrogen) atoms. The predicted molar refractivity (Wildman–Crippen MR) is 127 cm³/mol. The number of hydrogen-bond donors (Lipinski definition) is 2. The van der Waals surface area contributed by atoms with Crippen molar-refractivity contribution in [2.45, 2.75) is 61.6 Å². The van der Waals surface area contributed by atoms with E-state index >= 15 is 0 Å². The first-order valence-electron chi connectivity index (χ1n) is 11.4. The lowest BCUT2D eigenvalue weighted by Crippen LogP contribution is -2.45. The first kappa shape index (κ1) is 24.8. The summed E-state index contributed by atoms with van der Waals surface area (Å²) in [5.41, 5.74) is -1.84. The molecule has 0 radical (unpaired) electrons. The highest BCUT2D eigenvalue weighted by atomic mass is 35.5. The third kappa shape index (κ3) is 4.42. The van der Waals surface area contributed by atoms with Crippen LogP contribution in [0.5, 0.6) is 0 Å².